The minimum Gasteiger partial charge on any atom is -0.490 e. The number of amides is 1. The molecule has 0 spiro atoms. The fourth-order valence-electron chi connectivity index (χ4n) is 2.57. The summed E-state index contributed by atoms with van der Waals surface area (Å²) in [5, 5.41) is 3.42. The SMILES string of the molecule is O=C(Nc1cc2c(cc1Cl)OCCCO2)c1cc(Cl)c2c(c1)OCO2. The van der Waals surface area contributed by atoms with Crippen molar-refractivity contribution >= 4 is 34.8 Å². The first-order valence-electron chi connectivity index (χ1n) is 7.61. The molecule has 0 fully saturated rings. The second-order valence-electron chi connectivity index (χ2n) is 5.48. The van der Waals surface area contributed by atoms with E-state index in [-0.39, 0.29) is 12.7 Å². The molecule has 1 amide bonds. The number of ether oxygens (including phenoxy) is 4. The lowest BCUT2D eigenvalue weighted by Crippen LogP contribution is -2.12. The van der Waals surface area contributed by atoms with Gasteiger partial charge >= 0.3 is 0 Å². The molecule has 25 heavy (non-hydrogen) atoms. The van der Waals surface area contributed by atoms with Gasteiger partial charge in [0.05, 0.1) is 28.9 Å². The maximum Gasteiger partial charge on any atom is 0.255 e. The van der Waals surface area contributed by atoms with Crippen molar-refractivity contribution in [3.8, 4) is 23.0 Å². The molecule has 0 bridgehead atoms. The highest BCUT2D eigenvalue weighted by Gasteiger charge is 2.22. The molecule has 0 saturated heterocycles. The molecule has 2 aromatic carbocycles. The summed E-state index contributed by atoms with van der Waals surface area (Å²) in [7, 11) is 0. The Hall–Kier alpha value is -2.31. The Balaban J connectivity index is 1.61. The van der Waals surface area contributed by atoms with Gasteiger partial charge in [0.25, 0.3) is 5.91 Å². The summed E-state index contributed by atoms with van der Waals surface area (Å²) in [6.45, 7) is 1.18. The lowest BCUT2D eigenvalue weighted by Gasteiger charge is -2.13. The van der Waals surface area contributed by atoms with Crippen LogP contribution < -0.4 is 24.3 Å². The summed E-state index contributed by atoms with van der Waals surface area (Å²) in [4.78, 5) is 12.6. The molecule has 130 valence electrons. The zero-order chi connectivity index (χ0) is 17.4. The molecule has 2 heterocycles. The van der Waals surface area contributed by atoms with Crippen molar-refractivity contribution < 1.29 is 23.7 Å². The van der Waals surface area contributed by atoms with Gasteiger partial charge in [-0.1, -0.05) is 23.2 Å². The van der Waals surface area contributed by atoms with E-state index in [0.717, 1.165) is 6.42 Å². The molecular weight excluding hydrogens is 369 g/mol. The van der Waals surface area contributed by atoms with Crippen LogP contribution in [0.25, 0.3) is 0 Å². The molecule has 6 nitrogen and oxygen atoms in total. The first-order chi connectivity index (χ1) is 12.1. The molecule has 1 N–H and O–H groups in total. The third kappa shape index (κ3) is 3.15. The summed E-state index contributed by atoms with van der Waals surface area (Å²) >= 11 is 12.4. The first kappa shape index (κ1) is 16.2. The average molecular weight is 382 g/mol. The fraction of sp³-hybridized carbons (Fsp3) is 0.235. The normalized spacial score (nSPS) is 14.8. The summed E-state index contributed by atoms with van der Waals surface area (Å²) in [5.41, 5.74) is 0.752. The van der Waals surface area contributed by atoms with Gasteiger partial charge in [-0.3, -0.25) is 4.79 Å². The molecule has 0 aromatic heterocycles. The van der Waals surface area contributed by atoms with Gasteiger partial charge in [-0.15, -0.1) is 0 Å². The summed E-state index contributed by atoms with van der Waals surface area (Å²) < 4.78 is 21.7. The van der Waals surface area contributed by atoms with Crippen LogP contribution in [0, 0.1) is 0 Å². The number of rotatable bonds is 2. The van der Waals surface area contributed by atoms with Crippen LogP contribution in [0.4, 0.5) is 5.69 Å². The van der Waals surface area contributed by atoms with Gasteiger partial charge in [-0.25, -0.2) is 0 Å². The van der Waals surface area contributed by atoms with E-state index in [9.17, 15) is 4.79 Å². The Morgan fingerprint density at radius 3 is 2.44 bits per heavy atom. The van der Waals surface area contributed by atoms with Gasteiger partial charge in [0.15, 0.2) is 23.0 Å². The van der Waals surface area contributed by atoms with Crippen molar-refractivity contribution in [1.29, 1.82) is 0 Å². The molecule has 0 saturated carbocycles. The van der Waals surface area contributed by atoms with Gasteiger partial charge in [-0.2, -0.15) is 0 Å². The summed E-state index contributed by atoms with van der Waals surface area (Å²) in [6.07, 6.45) is 0.781. The fourth-order valence-corrected chi connectivity index (χ4v) is 3.04. The topological polar surface area (TPSA) is 66.0 Å². The van der Waals surface area contributed by atoms with Gasteiger partial charge in [0.1, 0.15) is 0 Å². The third-order valence-electron chi connectivity index (χ3n) is 3.77. The number of anilines is 1. The summed E-state index contributed by atoms with van der Waals surface area (Å²) in [5.74, 6) is 1.60. The van der Waals surface area contributed by atoms with Crippen LogP contribution in [-0.4, -0.2) is 25.9 Å². The second kappa shape index (κ2) is 6.54. The van der Waals surface area contributed by atoms with E-state index in [1.807, 2.05) is 0 Å². The van der Waals surface area contributed by atoms with Gasteiger partial charge < -0.3 is 24.3 Å². The zero-order valence-electron chi connectivity index (χ0n) is 12.9. The van der Waals surface area contributed by atoms with Crippen LogP contribution in [0.15, 0.2) is 24.3 Å². The van der Waals surface area contributed by atoms with Crippen LogP contribution in [-0.2, 0) is 0 Å². The Kier molecular flexibility index (Phi) is 4.23. The van der Waals surface area contributed by atoms with Crippen LogP contribution in [0.2, 0.25) is 10.0 Å². The molecule has 4 rings (SSSR count). The highest BCUT2D eigenvalue weighted by Crippen LogP contribution is 2.41. The van der Waals surface area contributed by atoms with E-state index < -0.39 is 0 Å². The van der Waals surface area contributed by atoms with E-state index >= 15 is 0 Å². The van der Waals surface area contributed by atoms with Crippen molar-refractivity contribution in [2.24, 2.45) is 0 Å². The number of carbonyl (C=O) groups excluding carboxylic acids is 1. The van der Waals surface area contributed by atoms with E-state index in [2.05, 4.69) is 5.32 Å². The van der Waals surface area contributed by atoms with Gasteiger partial charge in [0.2, 0.25) is 6.79 Å². The standard InChI is InChI=1S/C17H13Cl2NO5/c18-10-6-13-14(23-3-1-2-22-13)7-12(10)20-17(21)9-4-11(19)16-15(5-9)24-8-25-16/h4-7H,1-3,8H2,(H,20,21). The predicted molar refractivity (Wildman–Crippen MR) is 92.6 cm³/mol. The van der Waals surface area contributed by atoms with Crippen molar-refractivity contribution in [1.82, 2.24) is 0 Å². The summed E-state index contributed by atoms with van der Waals surface area (Å²) in [6, 6.07) is 6.36. The highest BCUT2D eigenvalue weighted by atomic mass is 35.5. The number of nitrogens with one attached hydrogen (secondary N) is 1. The molecule has 8 heteroatoms. The van der Waals surface area contributed by atoms with Crippen LogP contribution >= 0.6 is 23.2 Å². The Bertz CT molecular complexity index is 855. The van der Waals surface area contributed by atoms with Gasteiger partial charge in [-0.05, 0) is 12.1 Å². The number of benzene rings is 2. The number of fused-ring (bicyclic) bond motifs is 2. The first-order valence-corrected chi connectivity index (χ1v) is 8.37. The Labute approximate surface area is 153 Å². The Morgan fingerprint density at radius 2 is 1.64 bits per heavy atom. The van der Waals surface area contributed by atoms with Crippen molar-refractivity contribution in [2.75, 3.05) is 25.3 Å². The van der Waals surface area contributed by atoms with E-state index in [0.29, 0.717) is 57.5 Å². The largest absolute Gasteiger partial charge is 0.490 e. The van der Waals surface area contributed by atoms with E-state index in [1.54, 1.807) is 18.2 Å². The van der Waals surface area contributed by atoms with Crippen LogP contribution in [0.5, 0.6) is 23.0 Å². The van der Waals surface area contributed by atoms with Crippen molar-refractivity contribution in [3.05, 3.63) is 39.9 Å². The smallest absolute Gasteiger partial charge is 0.255 e. The minimum atomic E-state index is -0.378. The number of carbonyl (C=O) groups is 1. The monoisotopic (exact) mass is 381 g/mol. The number of hydrogen-bond acceptors (Lipinski definition) is 5. The third-order valence-corrected chi connectivity index (χ3v) is 4.37. The molecular formula is C17H13Cl2NO5. The number of hydrogen-bond donors (Lipinski definition) is 1. The van der Waals surface area contributed by atoms with Crippen LogP contribution in [0.1, 0.15) is 16.8 Å². The average Bonchev–Trinajstić information content (AvgIpc) is 2.96. The predicted octanol–water partition coefficient (Wildman–Crippen LogP) is 4.14. The molecule has 2 aliphatic heterocycles. The molecule has 2 aliphatic rings. The maximum absolute atomic E-state index is 12.6. The quantitative estimate of drug-likeness (QED) is 0.846. The number of halogens is 2. The van der Waals surface area contributed by atoms with Crippen molar-refractivity contribution in [3.63, 3.8) is 0 Å². The molecule has 2 aromatic rings. The molecule has 0 aliphatic carbocycles. The maximum atomic E-state index is 12.6. The highest BCUT2D eigenvalue weighted by molar-refractivity contribution is 6.34. The molecule has 0 radical (unpaired) electrons. The van der Waals surface area contributed by atoms with Crippen molar-refractivity contribution in [2.45, 2.75) is 6.42 Å². The molecule has 0 unspecified atom stereocenters. The van der Waals surface area contributed by atoms with Crippen LogP contribution in [0.3, 0.4) is 0 Å². The van der Waals surface area contributed by atoms with Gasteiger partial charge in [0, 0.05) is 24.1 Å². The lowest BCUT2D eigenvalue weighted by atomic mass is 10.1. The zero-order valence-corrected chi connectivity index (χ0v) is 14.4. The minimum absolute atomic E-state index is 0.0775. The van der Waals surface area contributed by atoms with E-state index in [1.165, 1.54) is 6.07 Å². The molecule has 0 atom stereocenters. The second-order valence-corrected chi connectivity index (χ2v) is 6.29. The van der Waals surface area contributed by atoms with E-state index in [4.69, 9.17) is 42.1 Å². The lowest BCUT2D eigenvalue weighted by molar-refractivity contribution is 0.102. The Morgan fingerprint density at radius 1 is 0.880 bits per heavy atom.